The van der Waals surface area contributed by atoms with Crippen molar-refractivity contribution in [1.29, 1.82) is 0 Å². The molecule has 1 aromatic rings. The van der Waals surface area contributed by atoms with Crippen LogP contribution in [-0.4, -0.2) is 28.1 Å². The van der Waals surface area contributed by atoms with Crippen LogP contribution in [0.5, 0.6) is 0 Å². The molecule has 0 atom stereocenters. The summed E-state index contributed by atoms with van der Waals surface area (Å²) >= 11 is 0. The summed E-state index contributed by atoms with van der Waals surface area (Å²) in [6.45, 7) is 3.20. The molecule has 2 N–H and O–H groups in total. The Morgan fingerprint density at radius 1 is 1.53 bits per heavy atom. The minimum Gasteiger partial charge on any atom is -0.394 e. The summed E-state index contributed by atoms with van der Waals surface area (Å²) in [5.74, 6) is -0.370. The van der Waals surface area contributed by atoms with Gasteiger partial charge in [-0.2, -0.15) is 0 Å². The topological polar surface area (TPSA) is 92.5 Å². The van der Waals surface area contributed by atoms with E-state index < -0.39 is 10.5 Å². The van der Waals surface area contributed by atoms with Gasteiger partial charge in [-0.15, -0.1) is 0 Å². The zero-order chi connectivity index (χ0) is 14.5. The van der Waals surface area contributed by atoms with Gasteiger partial charge in [-0.1, -0.05) is 12.1 Å². The number of carbonyl (C=O) groups excluding carboxylic acids is 1. The summed E-state index contributed by atoms with van der Waals surface area (Å²) in [6, 6.07) is 5.97. The maximum absolute atomic E-state index is 11.6. The number of hydrogen-bond acceptors (Lipinski definition) is 4. The maximum atomic E-state index is 11.6. The van der Waals surface area contributed by atoms with Crippen molar-refractivity contribution in [2.24, 2.45) is 0 Å². The summed E-state index contributed by atoms with van der Waals surface area (Å²) in [7, 11) is 0. The van der Waals surface area contributed by atoms with E-state index in [0.29, 0.717) is 5.56 Å². The average Bonchev–Trinajstić information content (AvgIpc) is 2.36. The smallest absolute Gasteiger partial charge is 0.270 e. The average molecular weight is 264 g/mol. The van der Waals surface area contributed by atoms with Crippen molar-refractivity contribution in [1.82, 2.24) is 5.32 Å². The lowest BCUT2D eigenvalue weighted by molar-refractivity contribution is -0.384. The number of benzene rings is 1. The van der Waals surface area contributed by atoms with Crippen LogP contribution in [0.15, 0.2) is 30.3 Å². The number of amides is 1. The van der Waals surface area contributed by atoms with E-state index in [1.807, 2.05) is 0 Å². The Morgan fingerprint density at radius 2 is 2.21 bits per heavy atom. The first kappa shape index (κ1) is 14.8. The number of nitrogens with zero attached hydrogens (tertiary/aromatic N) is 1. The van der Waals surface area contributed by atoms with E-state index >= 15 is 0 Å². The Morgan fingerprint density at radius 3 is 2.79 bits per heavy atom. The van der Waals surface area contributed by atoms with Gasteiger partial charge in [0.25, 0.3) is 5.69 Å². The van der Waals surface area contributed by atoms with Gasteiger partial charge in [-0.05, 0) is 25.5 Å². The Kier molecular flexibility index (Phi) is 4.77. The van der Waals surface area contributed by atoms with Crippen molar-refractivity contribution in [3.05, 3.63) is 46.0 Å². The summed E-state index contributed by atoms with van der Waals surface area (Å²) in [5.41, 5.74) is -0.172. The van der Waals surface area contributed by atoms with Crippen LogP contribution in [0.3, 0.4) is 0 Å². The standard InChI is InChI=1S/C13H16N2O4/c1-13(2,9-16)14-12(17)7-6-10-4-3-5-11(8-10)15(18)19/h3-8,16H,9H2,1-2H3,(H,14,17). The molecule has 1 aromatic carbocycles. The third-order valence-electron chi connectivity index (χ3n) is 2.37. The molecule has 0 spiro atoms. The quantitative estimate of drug-likeness (QED) is 0.479. The van der Waals surface area contributed by atoms with Gasteiger partial charge in [-0.25, -0.2) is 0 Å². The number of nitrogens with one attached hydrogen (secondary N) is 1. The van der Waals surface area contributed by atoms with Crippen molar-refractivity contribution < 1.29 is 14.8 Å². The van der Waals surface area contributed by atoms with Crippen LogP contribution in [0.4, 0.5) is 5.69 Å². The van der Waals surface area contributed by atoms with Crippen molar-refractivity contribution in [2.75, 3.05) is 6.61 Å². The predicted octanol–water partition coefficient (Wildman–Crippen LogP) is 1.50. The van der Waals surface area contributed by atoms with Gasteiger partial charge >= 0.3 is 0 Å². The van der Waals surface area contributed by atoms with Crippen molar-refractivity contribution in [2.45, 2.75) is 19.4 Å². The van der Waals surface area contributed by atoms with Crippen LogP contribution in [0.2, 0.25) is 0 Å². The minimum absolute atomic E-state index is 0.0294. The molecule has 19 heavy (non-hydrogen) atoms. The number of rotatable bonds is 5. The normalized spacial score (nSPS) is 11.5. The molecule has 1 rings (SSSR count). The summed E-state index contributed by atoms with van der Waals surface area (Å²) in [4.78, 5) is 21.7. The molecule has 0 saturated heterocycles. The number of aliphatic hydroxyl groups excluding tert-OH is 1. The zero-order valence-electron chi connectivity index (χ0n) is 10.8. The molecule has 0 heterocycles. The molecule has 0 saturated carbocycles. The fraction of sp³-hybridized carbons (Fsp3) is 0.308. The second kappa shape index (κ2) is 6.10. The molecule has 0 aromatic heterocycles. The third kappa shape index (κ3) is 4.89. The highest BCUT2D eigenvalue weighted by Crippen LogP contribution is 2.14. The number of aliphatic hydroxyl groups is 1. The van der Waals surface area contributed by atoms with Crippen LogP contribution in [0.1, 0.15) is 19.4 Å². The fourth-order valence-electron chi connectivity index (χ4n) is 1.33. The minimum atomic E-state index is -0.704. The first-order chi connectivity index (χ1) is 8.84. The van der Waals surface area contributed by atoms with Crippen LogP contribution in [0.25, 0.3) is 6.08 Å². The number of nitro groups is 1. The monoisotopic (exact) mass is 264 g/mol. The highest BCUT2D eigenvalue weighted by molar-refractivity contribution is 5.92. The highest BCUT2D eigenvalue weighted by atomic mass is 16.6. The van der Waals surface area contributed by atoms with Gasteiger partial charge in [0.15, 0.2) is 0 Å². The van der Waals surface area contributed by atoms with Gasteiger partial charge in [0, 0.05) is 18.2 Å². The molecule has 6 nitrogen and oxygen atoms in total. The molecule has 6 heteroatoms. The predicted molar refractivity (Wildman–Crippen MR) is 71.4 cm³/mol. The first-order valence-electron chi connectivity index (χ1n) is 5.69. The lowest BCUT2D eigenvalue weighted by atomic mass is 10.1. The molecule has 0 bridgehead atoms. The molecule has 0 aliphatic heterocycles. The summed E-state index contributed by atoms with van der Waals surface area (Å²) in [5, 5.41) is 22.2. The lowest BCUT2D eigenvalue weighted by Crippen LogP contribution is -2.45. The van der Waals surface area contributed by atoms with E-state index in [2.05, 4.69) is 5.32 Å². The first-order valence-corrected chi connectivity index (χ1v) is 5.69. The Hall–Kier alpha value is -2.21. The molecule has 1 amide bonds. The molecule has 0 unspecified atom stereocenters. The molecule has 0 aliphatic carbocycles. The van der Waals surface area contributed by atoms with Crippen LogP contribution in [-0.2, 0) is 4.79 Å². The van der Waals surface area contributed by atoms with Gasteiger partial charge in [0.05, 0.1) is 17.1 Å². The van der Waals surface area contributed by atoms with Gasteiger partial charge in [0.2, 0.25) is 5.91 Å². The van der Waals surface area contributed by atoms with E-state index in [4.69, 9.17) is 5.11 Å². The Bertz CT molecular complexity index is 509. The summed E-state index contributed by atoms with van der Waals surface area (Å²) in [6.07, 6.45) is 2.76. The summed E-state index contributed by atoms with van der Waals surface area (Å²) < 4.78 is 0. The van der Waals surface area contributed by atoms with Crippen LogP contribution >= 0.6 is 0 Å². The van der Waals surface area contributed by atoms with E-state index in [1.165, 1.54) is 24.3 Å². The number of carbonyl (C=O) groups is 1. The van der Waals surface area contributed by atoms with E-state index in [1.54, 1.807) is 26.0 Å². The van der Waals surface area contributed by atoms with Crippen LogP contribution in [0, 0.1) is 10.1 Å². The Balaban J connectivity index is 2.74. The highest BCUT2D eigenvalue weighted by Gasteiger charge is 2.17. The van der Waals surface area contributed by atoms with Crippen molar-refractivity contribution in [3.8, 4) is 0 Å². The zero-order valence-corrected chi connectivity index (χ0v) is 10.8. The van der Waals surface area contributed by atoms with E-state index in [-0.39, 0.29) is 18.2 Å². The maximum Gasteiger partial charge on any atom is 0.270 e. The van der Waals surface area contributed by atoms with Crippen molar-refractivity contribution in [3.63, 3.8) is 0 Å². The fourth-order valence-corrected chi connectivity index (χ4v) is 1.33. The molecule has 0 fully saturated rings. The number of hydrogen-bond donors (Lipinski definition) is 2. The second-order valence-corrected chi connectivity index (χ2v) is 4.72. The third-order valence-corrected chi connectivity index (χ3v) is 2.37. The van der Waals surface area contributed by atoms with E-state index in [0.717, 1.165) is 0 Å². The lowest BCUT2D eigenvalue weighted by Gasteiger charge is -2.22. The Labute approximate surface area is 110 Å². The second-order valence-electron chi connectivity index (χ2n) is 4.72. The van der Waals surface area contributed by atoms with Gasteiger partial charge < -0.3 is 10.4 Å². The molecule has 102 valence electrons. The van der Waals surface area contributed by atoms with Gasteiger partial charge in [0.1, 0.15) is 0 Å². The van der Waals surface area contributed by atoms with Crippen LogP contribution < -0.4 is 5.32 Å². The SMILES string of the molecule is CC(C)(CO)NC(=O)C=Cc1cccc([N+](=O)[O-])c1. The largest absolute Gasteiger partial charge is 0.394 e. The molecular weight excluding hydrogens is 248 g/mol. The van der Waals surface area contributed by atoms with E-state index in [9.17, 15) is 14.9 Å². The molecular formula is C13H16N2O4. The van der Waals surface area contributed by atoms with Gasteiger partial charge in [-0.3, -0.25) is 14.9 Å². The molecule has 0 aliphatic rings. The van der Waals surface area contributed by atoms with Crippen molar-refractivity contribution >= 4 is 17.7 Å². The molecule has 0 radical (unpaired) electrons. The number of non-ortho nitro benzene ring substituents is 1. The number of nitro benzene ring substituents is 1.